The molecule has 0 aliphatic carbocycles. The number of hydrogen-bond donors (Lipinski definition) is 7. The molecule has 6 atom stereocenters. The Morgan fingerprint density at radius 1 is 0.317 bits per heavy atom. The van der Waals surface area contributed by atoms with Crippen molar-refractivity contribution in [2.24, 2.45) is 25.0 Å². The Kier molecular flexibility index (Phi) is 54.6. The van der Waals surface area contributed by atoms with Crippen molar-refractivity contribution in [2.75, 3.05) is 23.8 Å². The summed E-state index contributed by atoms with van der Waals surface area (Å²) in [7, 11) is -14.8. The Labute approximate surface area is 1040 Å². The minimum absolute atomic E-state index is 0.000575. The van der Waals surface area contributed by atoms with Gasteiger partial charge in [0.25, 0.3) is 30.4 Å². The molecule has 7 N–H and O–H groups in total. The van der Waals surface area contributed by atoms with Crippen LogP contribution in [0.2, 0.25) is 0 Å². The van der Waals surface area contributed by atoms with Crippen molar-refractivity contribution in [3.63, 3.8) is 0 Å². The molecule has 6 unspecified atom stereocenters. The van der Waals surface area contributed by atoms with Gasteiger partial charge in [-0.15, -0.1) is 12.6 Å². The molecule has 0 fully saturated rings. The van der Waals surface area contributed by atoms with Gasteiger partial charge in [0, 0.05) is 188 Å². The molecule has 784 valence electrons. The molecule has 6 heterocycles. The molecule has 0 saturated carbocycles. The second-order valence-corrected chi connectivity index (χ2v) is 59.1. The number of fused-ring (bicyclic) bond motifs is 6. The zero-order chi connectivity index (χ0) is 107. The number of aliphatic imine (C=N–C) groups is 5. The van der Waals surface area contributed by atoms with Crippen molar-refractivity contribution in [2.45, 2.75) is 295 Å². The van der Waals surface area contributed by atoms with Gasteiger partial charge in [0.2, 0.25) is 5.69 Å². The summed E-state index contributed by atoms with van der Waals surface area (Å²) < 4.78 is 139. The van der Waals surface area contributed by atoms with Crippen LogP contribution in [0.1, 0.15) is 296 Å². The molecule has 0 saturated heterocycles. The zero-order valence-electron chi connectivity index (χ0n) is 80.0. The fourth-order valence-corrected chi connectivity index (χ4v) is 34.7. The van der Waals surface area contributed by atoms with Gasteiger partial charge in [-0.25, -0.2) is 0 Å². The van der Waals surface area contributed by atoms with Gasteiger partial charge in [-0.3, -0.25) is 57.8 Å². The molecule has 0 amide bonds. The van der Waals surface area contributed by atoms with Gasteiger partial charge in [-0.2, -0.15) is 29.8 Å². The maximum atomic E-state index is 11.0. The van der Waals surface area contributed by atoms with Gasteiger partial charge >= 0.3 is 34.5 Å². The first-order chi connectivity index (χ1) is 65.7. The summed E-state index contributed by atoms with van der Waals surface area (Å²) >= 11 is 41.7. The van der Waals surface area contributed by atoms with E-state index in [9.17, 15) is 44.4 Å². The number of hydrogen-bond acceptors (Lipinski definition) is 18. The molecule has 6 aromatic carbocycles. The zero-order valence-corrected chi connectivity index (χ0v) is 116. The third-order valence-corrected chi connectivity index (χ3v) is 50.8. The number of halogens is 16. The number of aliphatic carboxylic acids is 4. The van der Waals surface area contributed by atoms with Crippen LogP contribution in [-0.2, 0) is 92.6 Å². The predicted molar refractivity (Wildman–Crippen MR) is 689 cm³/mol. The number of unbranched alkanes of at least 4 members (excludes halogenated alkanes) is 11. The van der Waals surface area contributed by atoms with E-state index in [2.05, 4.69) is 458 Å². The highest BCUT2D eigenvalue weighted by molar-refractivity contribution is 14.1. The largest absolute Gasteiger partial charge is 0.481 e. The van der Waals surface area contributed by atoms with Crippen LogP contribution >= 0.6 is 341 Å². The van der Waals surface area contributed by atoms with E-state index >= 15 is 0 Å². The summed E-state index contributed by atoms with van der Waals surface area (Å²) in [5, 5.41) is 35.0. The third kappa shape index (κ3) is 36.8. The Hall–Kier alpha value is 1.50. The Bertz CT molecular complexity index is 6350. The van der Waals surface area contributed by atoms with Gasteiger partial charge in [0.1, 0.15) is 6.54 Å². The van der Waals surface area contributed by atoms with E-state index in [-0.39, 0.29) is 75.4 Å². The molecule has 142 heavy (non-hydrogen) atoms. The average molecular weight is 3690 g/mol. The molecule has 12 rings (SSSR count). The summed E-state index contributed by atoms with van der Waals surface area (Å²) in [5.41, 5.74) is 20.5. The van der Waals surface area contributed by atoms with Crippen molar-refractivity contribution >= 4 is 475 Å². The van der Waals surface area contributed by atoms with Crippen molar-refractivity contribution in [3.8, 4) is 0 Å². The minimum Gasteiger partial charge on any atom is -0.481 e. The number of nitrogens with zero attached hydrogens (tertiary/aromatic N) is 6. The number of rotatable bonds is 39. The lowest BCUT2D eigenvalue weighted by atomic mass is 9.76. The van der Waals surface area contributed by atoms with E-state index in [0.29, 0.717) is 38.6 Å². The highest BCUT2D eigenvalue weighted by atomic mass is 127. The molecule has 6 aromatic rings. The van der Waals surface area contributed by atoms with Crippen LogP contribution in [0.25, 0.3) is 0 Å². The normalized spacial score (nSPS) is 19.7. The van der Waals surface area contributed by atoms with Gasteiger partial charge in [-0.05, 0) is 509 Å². The maximum Gasteiger partial charge on any atom is 0.425 e. The molecule has 0 aromatic heterocycles. The van der Waals surface area contributed by atoms with E-state index in [0.717, 1.165) is 181 Å². The van der Waals surface area contributed by atoms with E-state index in [1.807, 2.05) is 19.9 Å². The molecule has 6 aliphatic rings. The van der Waals surface area contributed by atoms with E-state index in [1.54, 1.807) is 0 Å². The van der Waals surface area contributed by atoms with E-state index < -0.39 is 64.8 Å². The van der Waals surface area contributed by atoms with Crippen LogP contribution in [0, 0.1) is 46.4 Å². The van der Waals surface area contributed by atoms with Gasteiger partial charge in [0.05, 0.1) is 56.7 Å². The minimum atomic E-state index is -3.93. The molecule has 26 nitrogen and oxygen atoms in total. The molecule has 0 bridgehead atoms. The highest BCUT2D eigenvalue weighted by Crippen LogP contribution is 2.56. The van der Waals surface area contributed by atoms with Crippen molar-refractivity contribution < 1.29 is 95.7 Å². The Morgan fingerprint density at radius 2 is 0.570 bits per heavy atom. The third-order valence-electron chi connectivity index (χ3n) is 26.8. The number of carbonyl (C=O) groups is 4. The van der Waals surface area contributed by atoms with Gasteiger partial charge in [0.15, 0.2) is 5.71 Å². The second-order valence-electron chi connectivity index (χ2n) is 36.8. The van der Waals surface area contributed by atoms with Crippen LogP contribution in [0.4, 0.5) is 34.1 Å². The molecule has 46 heteroatoms. The molecule has 0 radical (unpaired) electrons. The van der Waals surface area contributed by atoms with Crippen LogP contribution in [0.15, 0.2) is 86.9 Å². The second kappa shape index (κ2) is 58.7. The first kappa shape index (κ1) is 132. The van der Waals surface area contributed by atoms with E-state index in [1.165, 1.54) is 103 Å². The first-order valence-corrected chi connectivity index (χ1v) is 67.5. The summed E-state index contributed by atoms with van der Waals surface area (Å²) in [6.07, 6.45) is 20.9. The van der Waals surface area contributed by atoms with Crippen molar-refractivity contribution in [3.05, 3.63) is 142 Å². The Balaban J connectivity index is 0.000000260. The van der Waals surface area contributed by atoms with Crippen molar-refractivity contribution in [1.29, 1.82) is 0 Å². The SMILES string of the molecule is CC1=Nc2cc(Br)c(Br)c(Br)c2C1(C)CCCCCC(=O)O.CC1=Nc2cc(I)c(I)c(I)c2C1(C)CCCCCC(=O)O.CC1=Nc2cc(I)c(I)c(I)c2C1(C)CCCCS(=O)(=O)O.CC1=Nc2cc(I)cc(I)c2C1(C)CCCCCC(=O)O.CC1=Nc2cc(I)cc(I)c2C1(C)CCCCS(=O)(=O)O.CC1=[N+](CCCCS(=O)(=O)O)c2cc(I)c(I)c(I)c2C1(C)CCCCCC(=O)O.O=S(=O)=O. The lowest BCUT2D eigenvalue weighted by Gasteiger charge is -2.28. The quantitative estimate of drug-likeness (QED) is 0.00619. The lowest BCUT2D eigenvalue weighted by molar-refractivity contribution is -0.439. The topological polar surface area (TPSA) is 428 Å². The van der Waals surface area contributed by atoms with Crippen LogP contribution < -0.4 is 0 Å². The summed E-state index contributed by atoms with van der Waals surface area (Å²) in [5.74, 6) is -3.42. The maximum absolute atomic E-state index is 11.0. The fraction of sp³-hybridized carbons (Fsp3) is 0.521. The Morgan fingerprint density at radius 3 is 0.873 bits per heavy atom. The number of carboxylic acids is 4. The van der Waals surface area contributed by atoms with Gasteiger partial charge in [-0.1, -0.05) is 98.8 Å². The summed E-state index contributed by atoms with van der Waals surface area (Å²) in [6, 6.07) is 17.1. The van der Waals surface area contributed by atoms with Crippen LogP contribution in [0.3, 0.4) is 0 Å². The highest BCUT2D eigenvalue weighted by Gasteiger charge is 2.50. The van der Waals surface area contributed by atoms with E-state index in [4.69, 9.17) is 71.7 Å². The molecule has 6 aliphatic heterocycles. The molecular weight excluding hydrogens is 3570 g/mol. The van der Waals surface area contributed by atoms with Crippen LogP contribution in [-0.4, -0.2) is 158 Å². The number of carboxylic acid groups (broad SMARTS) is 4. The van der Waals surface area contributed by atoms with Crippen LogP contribution in [0.5, 0.6) is 0 Å². The summed E-state index contributed by atoms with van der Waals surface area (Å²) in [6.45, 7) is 26.6. The first-order valence-electron chi connectivity index (χ1n) is 45.3. The van der Waals surface area contributed by atoms with Gasteiger partial charge < -0.3 is 20.4 Å². The predicted octanol–water partition coefficient (Wildman–Crippen LogP) is 31.4. The smallest absolute Gasteiger partial charge is 0.425 e. The summed E-state index contributed by atoms with van der Waals surface area (Å²) in [4.78, 5) is 66.2. The fourth-order valence-electron chi connectivity index (χ4n) is 18.3. The molecule has 0 spiro atoms. The lowest BCUT2D eigenvalue weighted by Crippen LogP contribution is -2.31. The number of benzene rings is 6. The average Bonchev–Trinajstić information content (AvgIpc) is 1.57. The van der Waals surface area contributed by atoms with Crippen molar-refractivity contribution in [1.82, 2.24) is 0 Å². The molecular formula is C96H115Br3I13N6O20S4+. The standard InChI is InChI=1S/C20H26I3NO5S.C16H18Br3NO2.C16H18I3NO2.C16H19I2NO2.C14H16I3NO3S.C14H17I2NO3S.O3S/c1-13-20(2,9-5-3-4-8-16(25)26)17-15(12-14(21)18(22)19(17)23)24(13)10-6-7-11-30(27,28)29;2*1-9-16(2,7-5-3-4-6-12(21)22)13-11(20-9)8-10(17)14(18)15(13)19;1-10-16(2,7-5-3-4-6-14(20)21)15-12(18)8-11(17)9-13(15)19-10;1-8-14(2,5-3-4-6-22(19,20)21)11-10(18-8)7-9(15)12(16)13(11)17;1-9-14(2,5-3-4-6-21(18,19)20)13-11(16)7-10(15)8-12(13)17-9;1-4(2)3/h12H,3-11H2,1-2H3,(H-,25,26,27,28,29);2*8H,3-7H2,1-2H3,(H,21,22);8-9H,3-7H2,1-2H3,(H,20,21);7H,3-6H2,1-2H3,(H,19,20,21);7-8H,3-6H2,1-2H3,(H,18,19,20);/p+1. The monoisotopic (exact) mass is 3690 g/mol.